The Labute approximate surface area is 272 Å². The van der Waals surface area contributed by atoms with Gasteiger partial charge in [0.1, 0.15) is 18.4 Å². The van der Waals surface area contributed by atoms with Gasteiger partial charge in [-0.3, -0.25) is 24.0 Å². The SMILES string of the molecule is CC(=O)OCc1ccc(CO)cc1.O=C1c2ccccc2C(=O)C1c1ccccc1.O=C1c2ccccc2C(=O)C1c1ccccc1. The Bertz CT molecular complexity index is 1730. The van der Waals surface area contributed by atoms with Gasteiger partial charge in [0.25, 0.3) is 0 Å². The highest BCUT2D eigenvalue weighted by molar-refractivity contribution is 6.30. The average molecular weight is 625 g/mol. The second-order valence-electron chi connectivity index (χ2n) is 11.0. The van der Waals surface area contributed by atoms with E-state index in [1.54, 1.807) is 60.7 Å². The van der Waals surface area contributed by atoms with E-state index in [4.69, 9.17) is 9.84 Å². The first-order valence-electron chi connectivity index (χ1n) is 15.1. The molecule has 0 radical (unpaired) electrons. The van der Waals surface area contributed by atoms with Gasteiger partial charge in [-0.05, 0) is 22.3 Å². The van der Waals surface area contributed by atoms with Crippen molar-refractivity contribution in [2.75, 3.05) is 0 Å². The maximum atomic E-state index is 12.2. The zero-order valence-corrected chi connectivity index (χ0v) is 25.7. The van der Waals surface area contributed by atoms with E-state index in [1.807, 2.05) is 72.8 Å². The van der Waals surface area contributed by atoms with Crippen molar-refractivity contribution in [3.63, 3.8) is 0 Å². The second kappa shape index (κ2) is 15.0. The van der Waals surface area contributed by atoms with Gasteiger partial charge in [0.15, 0.2) is 23.1 Å². The van der Waals surface area contributed by atoms with Crippen molar-refractivity contribution in [2.45, 2.75) is 32.0 Å². The lowest BCUT2D eigenvalue weighted by Crippen LogP contribution is -2.12. The molecule has 0 unspecified atom stereocenters. The monoisotopic (exact) mass is 624 g/mol. The fraction of sp³-hybridized carbons (Fsp3) is 0.125. The summed E-state index contributed by atoms with van der Waals surface area (Å²) >= 11 is 0. The van der Waals surface area contributed by atoms with Gasteiger partial charge >= 0.3 is 5.97 Å². The molecule has 0 aliphatic heterocycles. The molecule has 0 spiro atoms. The van der Waals surface area contributed by atoms with Crippen LogP contribution in [-0.4, -0.2) is 34.2 Å². The molecular weight excluding hydrogens is 592 g/mol. The van der Waals surface area contributed by atoms with Crippen LogP contribution in [0.15, 0.2) is 133 Å². The Balaban J connectivity index is 0.000000140. The first-order chi connectivity index (χ1) is 22.8. The van der Waals surface area contributed by atoms with Crippen LogP contribution in [0.5, 0.6) is 0 Å². The summed E-state index contributed by atoms with van der Waals surface area (Å²) in [6.45, 7) is 1.71. The van der Waals surface area contributed by atoms with Gasteiger partial charge in [0.05, 0.1) is 6.61 Å². The maximum Gasteiger partial charge on any atom is 0.302 e. The van der Waals surface area contributed by atoms with E-state index in [2.05, 4.69) is 0 Å². The number of fused-ring (bicyclic) bond motifs is 2. The normalized spacial score (nSPS) is 13.6. The highest BCUT2D eigenvalue weighted by Gasteiger charge is 2.40. The van der Waals surface area contributed by atoms with Gasteiger partial charge in [-0.2, -0.15) is 0 Å². The molecule has 0 heterocycles. The molecule has 0 atom stereocenters. The third kappa shape index (κ3) is 7.38. The number of aliphatic hydroxyl groups is 1. The number of rotatable bonds is 5. The van der Waals surface area contributed by atoms with Gasteiger partial charge in [-0.25, -0.2) is 0 Å². The molecule has 47 heavy (non-hydrogen) atoms. The zero-order chi connectivity index (χ0) is 33.3. The van der Waals surface area contributed by atoms with Crippen LogP contribution in [0, 0.1) is 0 Å². The van der Waals surface area contributed by atoms with E-state index in [-0.39, 0.29) is 35.7 Å². The molecule has 7 heteroatoms. The van der Waals surface area contributed by atoms with Crippen LogP contribution in [0.4, 0.5) is 0 Å². The number of Topliss-reactive ketones (excluding diaryl/α,β-unsaturated/α-hetero) is 4. The molecule has 7 rings (SSSR count). The van der Waals surface area contributed by atoms with Crippen molar-refractivity contribution in [1.29, 1.82) is 0 Å². The minimum absolute atomic E-state index is 0.0356. The number of hydrogen-bond acceptors (Lipinski definition) is 7. The topological polar surface area (TPSA) is 115 Å². The molecule has 0 aromatic heterocycles. The predicted molar refractivity (Wildman–Crippen MR) is 176 cm³/mol. The molecule has 0 saturated carbocycles. The van der Waals surface area contributed by atoms with Crippen molar-refractivity contribution in [2.24, 2.45) is 0 Å². The highest BCUT2D eigenvalue weighted by Crippen LogP contribution is 2.34. The summed E-state index contributed by atoms with van der Waals surface area (Å²) < 4.78 is 4.80. The van der Waals surface area contributed by atoms with Gasteiger partial charge < -0.3 is 9.84 Å². The number of ether oxygens (including phenoxy) is 1. The van der Waals surface area contributed by atoms with Crippen LogP contribution in [-0.2, 0) is 22.7 Å². The largest absolute Gasteiger partial charge is 0.461 e. The van der Waals surface area contributed by atoms with E-state index in [0.29, 0.717) is 28.9 Å². The Morgan fingerprint density at radius 1 is 0.511 bits per heavy atom. The molecule has 0 amide bonds. The average Bonchev–Trinajstić information content (AvgIpc) is 3.53. The highest BCUT2D eigenvalue weighted by atomic mass is 16.5. The van der Waals surface area contributed by atoms with Gasteiger partial charge in [-0.1, -0.05) is 133 Å². The van der Waals surface area contributed by atoms with Crippen LogP contribution in [0.3, 0.4) is 0 Å². The summed E-state index contributed by atoms with van der Waals surface area (Å²) in [7, 11) is 0. The van der Waals surface area contributed by atoms with E-state index >= 15 is 0 Å². The molecule has 0 bridgehead atoms. The Kier molecular flexibility index (Phi) is 10.4. The molecule has 1 N–H and O–H groups in total. The molecule has 234 valence electrons. The molecule has 0 saturated heterocycles. The third-order valence-electron chi connectivity index (χ3n) is 7.88. The van der Waals surface area contributed by atoms with Crippen LogP contribution < -0.4 is 0 Å². The van der Waals surface area contributed by atoms with Crippen molar-refractivity contribution in [3.05, 3.63) is 178 Å². The van der Waals surface area contributed by atoms with E-state index < -0.39 is 11.8 Å². The molecule has 7 nitrogen and oxygen atoms in total. The predicted octanol–water partition coefficient (Wildman–Crippen LogP) is 6.94. The fourth-order valence-corrected chi connectivity index (χ4v) is 5.51. The Morgan fingerprint density at radius 3 is 1.15 bits per heavy atom. The molecule has 0 fully saturated rings. The zero-order valence-electron chi connectivity index (χ0n) is 25.7. The van der Waals surface area contributed by atoms with Gasteiger partial charge in [-0.15, -0.1) is 0 Å². The third-order valence-corrected chi connectivity index (χ3v) is 7.88. The lowest BCUT2D eigenvalue weighted by atomic mass is 9.94. The maximum absolute atomic E-state index is 12.2. The van der Waals surface area contributed by atoms with Crippen LogP contribution >= 0.6 is 0 Å². The summed E-state index contributed by atoms with van der Waals surface area (Å²) in [6.07, 6.45) is 0. The number of aliphatic hydroxyl groups excluding tert-OH is 1. The van der Waals surface area contributed by atoms with E-state index in [1.165, 1.54) is 6.92 Å². The molecule has 2 aliphatic carbocycles. The molecule has 2 aliphatic rings. The molecule has 5 aromatic carbocycles. The standard InChI is InChI=1S/2C15H10O2.C10H12O3/c2*16-14-11-8-4-5-9-12(11)15(17)13(14)10-6-2-1-3-7-10;1-8(12)13-7-10-4-2-9(6-11)3-5-10/h2*1-9,13H;2-5,11H,6-7H2,1H3. The minimum atomic E-state index is -0.645. The molecule has 5 aromatic rings. The van der Waals surface area contributed by atoms with E-state index in [0.717, 1.165) is 22.3 Å². The quantitative estimate of drug-likeness (QED) is 0.166. The number of hydrogen-bond donors (Lipinski definition) is 1. The number of esters is 1. The number of carbonyl (C=O) groups excluding carboxylic acids is 5. The van der Waals surface area contributed by atoms with Crippen LogP contribution in [0.1, 0.15) is 82.4 Å². The first-order valence-corrected chi connectivity index (χ1v) is 15.1. The van der Waals surface area contributed by atoms with E-state index in [9.17, 15) is 24.0 Å². The number of ketones is 4. The summed E-state index contributed by atoms with van der Waals surface area (Å²) in [5, 5.41) is 8.76. The summed E-state index contributed by atoms with van der Waals surface area (Å²) in [5.41, 5.74) is 5.52. The van der Waals surface area contributed by atoms with Crippen LogP contribution in [0.25, 0.3) is 0 Å². The van der Waals surface area contributed by atoms with Crippen molar-refractivity contribution in [3.8, 4) is 0 Å². The van der Waals surface area contributed by atoms with Crippen molar-refractivity contribution < 1.29 is 33.8 Å². The smallest absolute Gasteiger partial charge is 0.302 e. The van der Waals surface area contributed by atoms with Gasteiger partial charge in [0.2, 0.25) is 0 Å². The Hall–Kier alpha value is -5.79. The molecular formula is C40H32O7. The van der Waals surface area contributed by atoms with Crippen LogP contribution in [0.2, 0.25) is 0 Å². The Morgan fingerprint density at radius 2 is 0.830 bits per heavy atom. The van der Waals surface area contributed by atoms with Gasteiger partial charge in [0, 0.05) is 29.2 Å². The lowest BCUT2D eigenvalue weighted by Gasteiger charge is -2.05. The minimum Gasteiger partial charge on any atom is -0.461 e. The summed E-state index contributed by atoms with van der Waals surface area (Å²) in [6, 6.07) is 39.7. The van der Waals surface area contributed by atoms with Crippen molar-refractivity contribution >= 4 is 29.1 Å². The lowest BCUT2D eigenvalue weighted by molar-refractivity contribution is -0.142. The van der Waals surface area contributed by atoms with Crippen molar-refractivity contribution in [1.82, 2.24) is 0 Å². The number of benzene rings is 5. The number of carbonyl (C=O) groups is 5. The summed E-state index contributed by atoms with van der Waals surface area (Å²) in [4.78, 5) is 59.2. The summed E-state index contributed by atoms with van der Waals surface area (Å²) in [5.74, 6) is -1.92. The fourth-order valence-electron chi connectivity index (χ4n) is 5.51. The second-order valence-corrected chi connectivity index (χ2v) is 11.0. The first kappa shape index (κ1) is 32.6.